The van der Waals surface area contributed by atoms with Gasteiger partial charge >= 0.3 is 18.3 Å². The summed E-state index contributed by atoms with van der Waals surface area (Å²) < 4.78 is 91.3. The molecule has 4 aliphatic carbocycles. The second-order valence-electron chi connectivity index (χ2n) is 34.7. The summed E-state index contributed by atoms with van der Waals surface area (Å²) in [5.74, 6) is 4.08. The van der Waals surface area contributed by atoms with Gasteiger partial charge in [-0.25, -0.2) is 14.4 Å². The number of non-ortho nitro benzene ring substituents is 1. The van der Waals surface area contributed by atoms with Crippen molar-refractivity contribution in [2.75, 3.05) is 53.2 Å². The number of nitro benzene ring substituents is 1. The number of nitrogens with one attached hydrogen (secondary N) is 2. The number of carbonyl (C=O) groups excluding carboxylic acids is 3. The maximum absolute atomic E-state index is 13.5. The van der Waals surface area contributed by atoms with E-state index in [1.165, 1.54) is 50.5 Å². The largest absolute Gasteiger partial charge is 0.513 e. The molecule has 10 aliphatic rings. The molecule has 6 aliphatic heterocycles. The molecule has 40 nitrogen and oxygen atoms in total. The number of unbranched alkanes of at least 4 members (excludes halogenated alkanes) is 3. The molecule has 11 rings (SSSR count). The third kappa shape index (κ3) is 21.8. The summed E-state index contributed by atoms with van der Waals surface area (Å²) in [4.78, 5) is 50.5. The number of amides is 2. The van der Waals surface area contributed by atoms with Gasteiger partial charge in [-0.3, -0.25) is 10.1 Å². The number of hydrogen-bond donors (Lipinski definition) is 18. The molecule has 120 heavy (non-hydrogen) atoms. The third-order valence-corrected chi connectivity index (χ3v) is 26.7. The standard InChI is InChI=1S/C80H127N3O37/c1-8-46-52(86)54(88)60(94)72(111-46)119-69-51(35-108-78(102)110-40-19-17-39(18-20-40)83(103)104)116-75(65(99)59(69)93)120-68-50(115-71(63(97)57(68)91)106-33-49-53(87)55(89)61(95)73(114-49)117-67-48(32-85)113-74(64(98)58(67)92)118-66-47(31-84)112-70(105-7)62(96)56(66)90)34-107-76(100)81-28-11-9-10-12-29-82-77(101)109-41-24-26-79(5)38(30-41)16-21-42-44-23-22-43(37(4)15-13-14-36(2)3)80(44,6)27-25-45(42)79/h16-20,36-37,41-75,84-99H,8-15,21-35H2,1-7H3,(H,81,100)(H,82,101). The number of ether oxygens (including phenoxy) is 16. The van der Waals surface area contributed by atoms with Crippen molar-refractivity contribution in [2.45, 2.75) is 335 Å². The maximum Gasteiger partial charge on any atom is 0.513 e. The number of aliphatic hydroxyl groups excluding tert-OH is 16. The summed E-state index contributed by atoms with van der Waals surface area (Å²) in [5, 5.41) is 195. The number of methoxy groups -OCH3 is 1. The van der Waals surface area contributed by atoms with Crippen LogP contribution in [0.15, 0.2) is 35.9 Å². The summed E-state index contributed by atoms with van der Waals surface area (Å²) in [6, 6.07) is 4.21. The van der Waals surface area contributed by atoms with Gasteiger partial charge in [0.2, 0.25) is 0 Å². The Morgan fingerprint density at radius 3 is 1.55 bits per heavy atom. The molecule has 6 saturated heterocycles. The molecule has 684 valence electrons. The SMILES string of the molecule is CCC1OC(OC2C(COC(=O)Oc3ccc([N+](=O)[O-])cc3)OC(OC3C(COC(=O)NCCCCCCNC(=O)OC4CCC5(C)C(=CCC6C5CCC5(C)C(C(C)CCCC(C)C)CCC65)C4)OC(OCC4OC(OC5C(CO)OC(OC6C(CO)OC(OC)C(O)C6O)C(O)C5O)C(O)C(O)C4O)C(O)C3O)C(O)C2O)C(O)C(O)C1O. The van der Waals surface area contributed by atoms with E-state index in [4.69, 9.17) is 75.8 Å². The molecule has 40 heteroatoms. The number of alkyl carbamates (subject to hydrolysis) is 2. The van der Waals surface area contributed by atoms with Crippen molar-refractivity contribution < 1.29 is 177 Å². The highest BCUT2D eigenvalue weighted by Crippen LogP contribution is 2.67. The molecular weight excluding hydrogens is 1590 g/mol. The Labute approximate surface area is 694 Å². The molecule has 1 aromatic rings. The summed E-state index contributed by atoms with van der Waals surface area (Å²) in [6.07, 6.45) is -43.1. The van der Waals surface area contributed by atoms with Crippen LogP contribution >= 0.6 is 0 Å². The van der Waals surface area contributed by atoms with Gasteiger partial charge < -0.3 is 168 Å². The predicted octanol–water partition coefficient (Wildman–Crippen LogP) is -0.467. The van der Waals surface area contributed by atoms with Crippen molar-refractivity contribution in [3.63, 3.8) is 0 Å². The molecular formula is C80H127N3O37. The van der Waals surface area contributed by atoms with Crippen LogP contribution < -0.4 is 15.4 Å². The Hall–Kier alpha value is -4.95. The molecule has 6 heterocycles. The molecule has 1 aromatic carbocycles. The minimum absolute atomic E-state index is 0.0611. The zero-order valence-corrected chi connectivity index (χ0v) is 68.7. The molecule has 3 saturated carbocycles. The second kappa shape index (κ2) is 42.6. The van der Waals surface area contributed by atoms with Gasteiger partial charge in [0.1, 0.15) is 165 Å². The normalized spacial score (nSPS) is 42.9. The van der Waals surface area contributed by atoms with E-state index in [0.29, 0.717) is 49.5 Å². The lowest BCUT2D eigenvalue weighted by atomic mass is 9.47. The molecule has 0 aromatic heterocycles. The van der Waals surface area contributed by atoms with Crippen LogP contribution in [0, 0.1) is 56.5 Å². The second-order valence-corrected chi connectivity index (χ2v) is 34.7. The number of nitrogens with zero attached hydrogens (tertiary/aromatic N) is 1. The number of aliphatic hydroxyl groups is 16. The van der Waals surface area contributed by atoms with Gasteiger partial charge in [-0.2, -0.15) is 0 Å². The number of benzene rings is 1. The van der Waals surface area contributed by atoms with E-state index in [2.05, 4.69) is 51.3 Å². The zero-order valence-electron chi connectivity index (χ0n) is 68.7. The number of rotatable bonds is 34. The third-order valence-electron chi connectivity index (χ3n) is 26.7. The van der Waals surface area contributed by atoms with Gasteiger partial charge in [0, 0.05) is 38.8 Å². The number of carbonyl (C=O) groups is 3. The van der Waals surface area contributed by atoms with Gasteiger partial charge in [0.15, 0.2) is 37.7 Å². The lowest BCUT2D eigenvalue weighted by molar-refractivity contribution is -0.385. The highest BCUT2D eigenvalue weighted by atomic mass is 16.8. The van der Waals surface area contributed by atoms with E-state index in [0.717, 1.165) is 80.7 Å². The molecule has 0 spiro atoms. The first-order chi connectivity index (χ1) is 57.1. The molecule has 38 unspecified atom stereocenters. The van der Waals surface area contributed by atoms with Crippen LogP contribution in [0.25, 0.3) is 0 Å². The summed E-state index contributed by atoms with van der Waals surface area (Å²) >= 11 is 0. The Balaban J connectivity index is 0.707. The Morgan fingerprint density at radius 1 is 0.525 bits per heavy atom. The lowest BCUT2D eigenvalue weighted by Gasteiger charge is -2.58. The lowest BCUT2D eigenvalue weighted by Crippen LogP contribution is -2.67. The van der Waals surface area contributed by atoms with E-state index in [1.54, 1.807) is 6.92 Å². The van der Waals surface area contributed by atoms with E-state index >= 15 is 0 Å². The fourth-order valence-corrected chi connectivity index (χ4v) is 19.8. The summed E-state index contributed by atoms with van der Waals surface area (Å²) in [5.41, 5.74) is 1.56. The number of hydrogen-bond acceptors (Lipinski definition) is 37. The first kappa shape index (κ1) is 95.7. The first-order valence-electron chi connectivity index (χ1n) is 42.2. The molecule has 0 bridgehead atoms. The van der Waals surface area contributed by atoms with Crippen LogP contribution in [0.3, 0.4) is 0 Å². The van der Waals surface area contributed by atoms with Crippen molar-refractivity contribution in [1.29, 1.82) is 0 Å². The Morgan fingerprint density at radius 2 is 1.01 bits per heavy atom. The van der Waals surface area contributed by atoms with Crippen LogP contribution in [-0.2, 0) is 71.1 Å². The molecule has 38 atom stereocenters. The smallest absolute Gasteiger partial charge is 0.447 e. The molecule has 2 amide bonds. The van der Waals surface area contributed by atoms with Gasteiger partial charge in [-0.15, -0.1) is 0 Å². The fraction of sp³-hybridized carbons (Fsp3) is 0.863. The molecule has 9 fully saturated rings. The highest BCUT2D eigenvalue weighted by Gasteiger charge is 2.61. The topological polar surface area (TPSA) is 590 Å². The Bertz CT molecular complexity index is 3440. The van der Waals surface area contributed by atoms with Crippen LogP contribution in [0.2, 0.25) is 0 Å². The summed E-state index contributed by atoms with van der Waals surface area (Å²) in [6.45, 7) is 9.53. The Kier molecular flexibility index (Phi) is 33.9. The number of fused-ring (bicyclic) bond motifs is 5. The van der Waals surface area contributed by atoms with Crippen molar-refractivity contribution in [2.24, 2.45) is 46.3 Å². The summed E-state index contributed by atoms with van der Waals surface area (Å²) in [7, 11) is 1.16. The first-order valence-corrected chi connectivity index (χ1v) is 42.2. The van der Waals surface area contributed by atoms with Crippen LogP contribution in [0.5, 0.6) is 5.75 Å². The van der Waals surface area contributed by atoms with Gasteiger partial charge in [-0.1, -0.05) is 85.3 Å². The zero-order chi connectivity index (χ0) is 86.9. The van der Waals surface area contributed by atoms with E-state index in [1.807, 2.05) is 0 Å². The van der Waals surface area contributed by atoms with Crippen molar-refractivity contribution >= 4 is 24.0 Å². The highest BCUT2D eigenvalue weighted by molar-refractivity contribution is 5.67. The van der Waals surface area contributed by atoms with Gasteiger partial charge in [0.25, 0.3) is 5.69 Å². The van der Waals surface area contributed by atoms with Gasteiger partial charge in [-0.05, 0) is 123 Å². The van der Waals surface area contributed by atoms with Crippen molar-refractivity contribution in [1.82, 2.24) is 10.6 Å². The number of allylic oxidation sites excluding steroid dienone is 1. The van der Waals surface area contributed by atoms with Crippen molar-refractivity contribution in [3.05, 3.63) is 46.0 Å². The maximum atomic E-state index is 13.5. The predicted molar refractivity (Wildman–Crippen MR) is 407 cm³/mol. The van der Waals surface area contributed by atoms with E-state index in [-0.39, 0.29) is 35.9 Å². The van der Waals surface area contributed by atoms with Gasteiger partial charge in [0.05, 0.1) is 30.8 Å². The van der Waals surface area contributed by atoms with Crippen LogP contribution in [-0.4, -0.2) is 349 Å². The molecule has 0 radical (unpaired) electrons. The number of nitro groups is 1. The average molecular weight is 1720 g/mol. The fourth-order valence-electron chi connectivity index (χ4n) is 19.8. The van der Waals surface area contributed by atoms with Crippen LogP contribution in [0.1, 0.15) is 144 Å². The minimum Gasteiger partial charge on any atom is -0.447 e. The van der Waals surface area contributed by atoms with E-state index < -0.39 is 241 Å². The molecule has 18 N–H and O–H groups in total. The van der Waals surface area contributed by atoms with Crippen LogP contribution in [0.4, 0.5) is 20.1 Å². The quantitative estimate of drug-likeness (QED) is 0.00789. The monoisotopic (exact) mass is 1720 g/mol. The van der Waals surface area contributed by atoms with E-state index in [9.17, 15) is 106 Å². The minimum atomic E-state index is -2.28. The van der Waals surface area contributed by atoms with Crippen molar-refractivity contribution in [3.8, 4) is 5.75 Å². The average Bonchev–Trinajstić information content (AvgIpc) is 1.45.